The number of nitrogens with one attached hydrogen (secondary N) is 1. The molecule has 2 saturated heterocycles. The highest BCUT2D eigenvalue weighted by atomic mass is 32.2. The van der Waals surface area contributed by atoms with Crippen LogP contribution in [0.4, 0.5) is 0 Å². The molecule has 98 valence electrons. The van der Waals surface area contributed by atoms with Crippen molar-refractivity contribution in [3.8, 4) is 0 Å². The van der Waals surface area contributed by atoms with E-state index in [9.17, 15) is 8.42 Å². The third kappa shape index (κ3) is 2.66. The van der Waals surface area contributed by atoms with Crippen LogP contribution in [-0.4, -0.2) is 56.5 Å². The van der Waals surface area contributed by atoms with Gasteiger partial charge in [0, 0.05) is 31.7 Å². The van der Waals surface area contributed by atoms with Gasteiger partial charge in [-0.3, -0.25) is 4.90 Å². The van der Waals surface area contributed by atoms with Crippen molar-refractivity contribution < 1.29 is 8.42 Å². The first-order valence-electron chi connectivity index (χ1n) is 6.80. The molecule has 2 bridgehead atoms. The highest BCUT2D eigenvalue weighted by Gasteiger charge is 2.37. The van der Waals surface area contributed by atoms with Crippen LogP contribution in [0.3, 0.4) is 0 Å². The van der Waals surface area contributed by atoms with Gasteiger partial charge in [-0.1, -0.05) is 0 Å². The molecule has 2 aliphatic heterocycles. The Morgan fingerprint density at radius 1 is 1.24 bits per heavy atom. The molecule has 0 aromatic rings. The summed E-state index contributed by atoms with van der Waals surface area (Å²) in [4.78, 5) is 2.59. The molecule has 3 atom stereocenters. The maximum absolute atomic E-state index is 11.3. The zero-order valence-electron chi connectivity index (χ0n) is 10.3. The first-order chi connectivity index (χ1) is 8.12. The van der Waals surface area contributed by atoms with Gasteiger partial charge in [0.2, 0.25) is 0 Å². The predicted octanol–water partition coefficient (Wildman–Crippen LogP) is 0.247. The van der Waals surface area contributed by atoms with Crippen molar-refractivity contribution in [3.05, 3.63) is 0 Å². The van der Waals surface area contributed by atoms with Gasteiger partial charge in [-0.2, -0.15) is 0 Å². The molecule has 3 aliphatic rings. The number of likely N-dealkylation sites (tertiary alicyclic amines) is 1. The Balaban J connectivity index is 1.39. The lowest BCUT2D eigenvalue weighted by atomic mass is 10.1. The lowest BCUT2D eigenvalue weighted by Crippen LogP contribution is -2.40. The molecule has 17 heavy (non-hydrogen) atoms. The monoisotopic (exact) mass is 258 g/mol. The normalized spacial score (nSPS) is 40.1. The lowest BCUT2D eigenvalue weighted by Gasteiger charge is -2.27. The van der Waals surface area contributed by atoms with Gasteiger partial charge in [0.05, 0.1) is 11.5 Å². The Kier molecular flexibility index (Phi) is 3.17. The van der Waals surface area contributed by atoms with Crippen LogP contribution in [0.5, 0.6) is 0 Å². The van der Waals surface area contributed by atoms with E-state index < -0.39 is 9.84 Å². The molecule has 3 fully saturated rings. The van der Waals surface area contributed by atoms with E-state index in [1.54, 1.807) is 0 Å². The smallest absolute Gasteiger partial charge is 0.151 e. The number of sulfone groups is 1. The Labute approximate surface area is 104 Å². The number of nitrogens with zero attached hydrogens (tertiary/aromatic N) is 1. The molecular weight excluding hydrogens is 236 g/mol. The molecule has 0 radical (unpaired) electrons. The summed E-state index contributed by atoms with van der Waals surface area (Å²) in [5.74, 6) is 1.67. The maximum Gasteiger partial charge on any atom is 0.151 e. The van der Waals surface area contributed by atoms with E-state index in [2.05, 4.69) is 10.2 Å². The third-order valence-corrected chi connectivity index (χ3v) is 6.36. The van der Waals surface area contributed by atoms with Gasteiger partial charge in [0.15, 0.2) is 9.84 Å². The minimum absolute atomic E-state index is 0.208. The standard InChI is InChI=1S/C12H22N2O2S/c15-17(16)6-3-11(9-17)13-4-5-14-8-10-1-2-12(14)7-10/h10-13H,1-9H2. The van der Waals surface area contributed by atoms with Crippen LogP contribution >= 0.6 is 0 Å². The minimum Gasteiger partial charge on any atom is -0.312 e. The van der Waals surface area contributed by atoms with Crippen molar-refractivity contribution in [2.45, 2.75) is 37.8 Å². The molecule has 0 amide bonds. The third-order valence-electron chi connectivity index (χ3n) is 4.59. The first kappa shape index (κ1) is 11.9. The zero-order chi connectivity index (χ0) is 11.9. The lowest BCUT2D eigenvalue weighted by molar-refractivity contribution is 0.212. The van der Waals surface area contributed by atoms with Crippen molar-refractivity contribution in [2.75, 3.05) is 31.1 Å². The van der Waals surface area contributed by atoms with Crippen molar-refractivity contribution in [1.82, 2.24) is 10.2 Å². The maximum atomic E-state index is 11.3. The van der Waals surface area contributed by atoms with Crippen LogP contribution in [0.15, 0.2) is 0 Å². The second kappa shape index (κ2) is 4.52. The predicted molar refractivity (Wildman–Crippen MR) is 67.8 cm³/mol. The molecule has 3 unspecified atom stereocenters. The molecule has 5 heteroatoms. The van der Waals surface area contributed by atoms with E-state index >= 15 is 0 Å². The molecule has 1 N–H and O–H groups in total. The second-order valence-corrected chi connectivity index (χ2v) is 8.11. The summed E-state index contributed by atoms with van der Waals surface area (Å²) in [5, 5.41) is 3.40. The van der Waals surface area contributed by atoms with Gasteiger partial charge in [0.25, 0.3) is 0 Å². The zero-order valence-corrected chi connectivity index (χ0v) is 11.1. The largest absolute Gasteiger partial charge is 0.312 e. The van der Waals surface area contributed by atoms with Crippen LogP contribution in [0.25, 0.3) is 0 Å². The molecule has 1 aliphatic carbocycles. The number of piperidine rings is 1. The highest BCUT2D eigenvalue weighted by Crippen LogP contribution is 2.36. The summed E-state index contributed by atoms with van der Waals surface area (Å²) in [6.07, 6.45) is 5.00. The Morgan fingerprint density at radius 3 is 2.71 bits per heavy atom. The summed E-state index contributed by atoms with van der Waals surface area (Å²) < 4.78 is 22.6. The van der Waals surface area contributed by atoms with E-state index in [0.29, 0.717) is 11.5 Å². The fourth-order valence-electron chi connectivity index (χ4n) is 3.67. The number of fused-ring (bicyclic) bond motifs is 2. The first-order valence-corrected chi connectivity index (χ1v) is 8.62. The van der Waals surface area contributed by atoms with Crippen LogP contribution in [0.1, 0.15) is 25.7 Å². The van der Waals surface area contributed by atoms with Crippen molar-refractivity contribution in [1.29, 1.82) is 0 Å². The fourth-order valence-corrected chi connectivity index (χ4v) is 5.38. The number of hydrogen-bond donors (Lipinski definition) is 1. The Morgan fingerprint density at radius 2 is 2.12 bits per heavy atom. The van der Waals surface area contributed by atoms with Gasteiger partial charge in [-0.05, 0) is 31.6 Å². The van der Waals surface area contributed by atoms with Crippen LogP contribution in [-0.2, 0) is 9.84 Å². The molecule has 0 aromatic carbocycles. The summed E-state index contributed by atoms with van der Waals surface area (Å²) >= 11 is 0. The molecule has 1 saturated carbocycles. The van der Waals surface area contributed by atoms with Gasteiger partial charge in [-0.25, -0.2) is 8.42 Å². The highest BCUT2D eigenvalue weighted by molar-refractivity contribution is 7.91. The second-order valence-electron chi connectivity index (χ2n) is 5.88. The molecule has 0 aromatic heterocycles. The van der Waals surface area contributed by atoms with Gasteiger partial charge >= 0.3 is 0 Å². The summed E-state index contributed by atoms with van der Waals surface area (Å²) in [7, 11) is -2.73. The van der Waals surface area contributed by atoms with Crippen molar-refractivity contribution in [3.63, 3.8) is 0 Å². The van der Waals surface area contributed by atoms with Crippen LogP contribution in [0.2, 0.25) is 0 Å². The van der Waals surface area contributed by atoms with Crippen LogP contribution in [0, 0.1) is 5.92 Å². The molecule has 4 nitrogen and oxygen atoms in total. The topological polar surface area (TPSA) is 49.4 Å². The van der Waals surface area contributed by atoms with Crippen LogP contribution < -0.4 is 5.32 Å². The average molecular weight is 258 g/mol. The minimum atomic E-state index is -2.73. The van der Waals surface area contributed by atoms with E-state index in [0.717, 1.165) is 31.5 Å². The van der Waals surface area contributed by atoms with Crippen molar-refractivity contribution >= 4 is 9.84 Å². The molecular formula is C12H22N2O2S. The quantitative estimate of drug-likeness (QED) is 0.785. The molecule has 3 rings (SSSR count). The van der Waals surface area contributed by atoms with E-state index in [1.807, 2.05) is 0 Å². The number of hydrogen-bond acceptors (Lipinski definition) is 4. The molecule has 2 heterocycles. The summed E-state index contributed by atoms with van der Waals surface area (Å²) in [5.41, 5.74) is 0. The Hall–Kier alpha value is -0.130. The van der Waals surface area contributed by atoms with E-state index in [1.165, 1.54) is 25.8 Å². The summed E-state index contributed by atoms with van der Waals surface area (Å²) in [6.45, 7) is 3.32. The van der Waals surface area contributed by atoms with Gasteiger partial charge < -0.3 is 5.32 Å². The van der Waals surface area contributed by atoms with E-state index in [-0.39, 0.29) is 6.04 Å². The van der Waals surface area contributed by atoms with Gasteiger partial charge in [-0.15, -0.1) is 0 Å². The average Bonchev–Trinajstić information content (AvgIpc) is 2.93. The van der Waals surface area contributed by atoms with E-state index in [4.69, 9.17) is 0 Å². The SMILES string of the molecule is O=S1(=O)CCC(NCCN2CC3CCC2C3)C1. The van der Waals surface area contributed by atoms with Crippen molar-refractivity contribution in [2.24, 2.45) is 5.92 Å². The fraction of sp³-hybridized carbons (Fsp3) is 1.00. The summed E-state index contributed by atoms with van der Waals surface area (Å²) in [6, 6.07) is 1.04. The Bertz CT molecular complexity index is 382. The number of rotatable bonds is 4. The van der Waals surface area contributed by atoms with Gasteiger partial charge in [0.1, 0.15) is 0 Å². The molecule has 0 spiro atoms.